The average molecular weight is 188 g/mol. The highest BCUT2D eigenvalue weighted by Crippen LogP contribution is 2.15. The van der Waals surface area contributed by atoms with Crippen LogP contribution in [0.1, 0.15) is 18.1 Å². The molecule has 0 saturated heterocycles. The maximum atomic E-state index is 7.23. The minimum absolute atomic E-state index is 0.544. The van der Waals surface area contributed by atoms with Gasteiger partial charge in [0.1, 0.15) is 0 Å². The lowest BCUT2D eigenvalue weighted by molar-refractivity contribution is 1.38. The molecule has 74 valence electrons. The summed E-state index contributed by atoms with van der Waals surface area (Å²) in [6, 6.07) is 6.27. The van der Waals surface area contributed by atoms with Crippen LogP contribution in [0.2, 0.25) is 0 Å². The number of nitrogens with one attached hydrogen (secondary N) is 2. The zero-order valence-corrected chi connectivity index (χ0v) is 8.89. The van der Waals surface area contributed by atoms with Crippen molar-refractivity contribution in [3.63, 3.8) is 0 Å². The van der Waals surface area contributed by atoms with Gasteiger partial charge in [0, 0.05) is 17.6 Å². The summed E-state index contributed by atoms with van der Waals surface area (Å²) in [4.78, 5) is 0. The zero-order chi connectivity index (χ0) is 10.6. The van der Waals surface area contributed by atoms with Crippen LogP contribution in [0.3, 0.4) is 0 Å². The van der Waals surface area contributed by atoms with Crippen LogP contribution in [0.5, 0.6) is 0 Å². The first-order chi connectivity index (χ1) is 6.59. The van der Waals surface area contributed by atoms with Gasteiger partial charge in [0.2, 0.25) is 0 Å². The Morgan fingerprint density at radius 1 is 1.36 bits per heavy atom. The van der Waals surface area contributed by atoms with E-state index in [0.717, 1.165) is 5.69 Å². The standard InChI is InChI=1S/C12H16N2/c1-9-4-5-10(2)12(8-9)14-7-6-11(3)13/h4-8,13-14H,1-3H3/b7-6-,13-11?. The van der Waals surface area contributed by atoms with Crippen LogP contribution in [0.4, 0.5) is 5.69 Å². The first-order valence-corrected chi connectivity index (χ1v) is 4.65. The minimum atomic E-state index is 0.544. The normalized spacial score (nSPS) is 10.5. The van der Waals surface area contributed by atoms with Crippen LogP contribution in [0.15, 0.2) is 30.5 Å². The molecular formula is C12H16N2. The van der Waals surface area contributed by atoms with Crippen molar-refractivity contribution in [3.05, 3.63) is 41.6 Å². The molecule has 0 atom stereocenters. The van der Waals surface area contributed by atoms with Gasteiger partial charge in [-0.1, -0.05) is 12.1 Å². The quantitative estimate of drug-likeness (QED) is 0.702. The fourth-order valence-corrected chi connectivity index (χ4v) is 1.15. The van der Waals surface area contributed by atoms with E-state index in [1.807, 2.05) is 0 Å². The molecule has 2 N–H and O–H groups in total. The predicted molar refractivity (Wildman–Crippen MR) is 62.1 cm³/mol. The van der Waals surface area contributed by atoms with E-state index < -0.39 is 0 Å². The predicted octanol–water partition coefficient (Wildman–Crippen LogP) is 3.27. The number of aryl methyl sites for hydroxylation is 2. The third kappa shape index (κ3) is 3.05. The monoisotopic (exact) mass is 188 g/mol. The topological polar surface area (TPSA) is 35.9 Å². The van der Waals surface area contributed by atoms with Gasteiger partial charge in [0.25, 0.3) is 0 Å². The van der Waals surface area contributed by atoms with Gasteiger partial charge >= 0.3 is 0 Å². The number of rotatable bonds is 3. The lowest BCUT2D eigenvalue weighted by atomic mass is 10.1. The molecule has 0 bridgehead atoms. The highest BCUT2D eigenvalue weighted by molar-refractivity contribution is 5.90. The second kappa shape index (κ2) is 4.61. The maximum absolute atomic E-state index is 7.23. The molecule has 0 aliphatic heterocycles. The summed E-state index contributed by atoms with van der Waals surface area (Å²) in [5, 5.41) is 10.4. The fraction of sp³-hybridized carbons (Fsp3) is 0.250. The van der Waals surface area contributed by atoms with Crippen molar-refractivity contribution < 1.29 is 0 Å². The molecular weight excluding hydrogens is 172 g/mol. The van der Waals surface area contributed by atoms with Crippen molar-refractivity contribution in [1.82, 2.24) is 0 Å². The Hall–Kier alpha value is -1.57. The lowest BCUT2D eigenvalue weighted by Gasteiger charge is -2.05. The summed E-state index contributed by atoms with van der Waals surface area (Å²) in [6.07, 6.45) is 3.53. The zero-order valence-electron chi connectivity index (χ0n) is 8.89. The van der Waals surface area contributed by atoms with Gasteiger partial charge in [-0.25, -0.2) is 0 Å². The first-order valence-electron chi connectivity index (χ1n) is 4.65. The second-order valence-corrected chi connectivity index (χ2v) is 3.48. The molecule has 1 rings (SSSR count). The van der Waals surface area contributed by atoms with Crippen molar-refractivity contribution in [2.75, 3.05) is 5.32 Å². The fourth-order valence-electron chi connectivity index (χ4n) is 1.15. The summed E-state index contributed by atoms with van der Waals surface area (Å²) in [5.74, 6) is 0. The molecule has 14 heavy (non-hydrogen) atoms. The molecule has 0 radical (unpaired) electrons. The van der Waals surface area contributed by atoms with E-state index in [1.165, 1.54) is 11.1 Å². The summed E-state index contributed by atoms with van der Waals surface area (Å²) in [5.41, 5.74) is 4.09. The number of anilines is 1. The summed E-state index contributed by atoms with van der Waals surface area (Å²) in [7, 11) is 0. The Balaban J connectivity index is 2.76. The highest BCUT2D eigenvalue weighted by Gasteiger charge is 1.94. The SMILES string of the molecule is CC(=N)/C=C\Nc1cc(C)ccc1C. The molecule has 0 fully saturated rings. The Morgan fingerprint density at radius 3 is 2.71 bits per heavy atom. The van der Waals surface area contributed by atoms with Crippen LogP contribution >= 0.6 is 0 Å². The van der Waals surface area contributed by atoms with Gasteiger partial charge < -0.3 is 10.7 Å². The Labute approximate surface area is 85.2 Å². The number of hydrogen-bond donors (Lipinski definition) is 2. The van der Waals surface area contributed by atoms with Crippen LogP contribution in [-0.2, 0) is 0 Å². The molecule has 0 saturated carbocycles. The van der Waals surface area contributed by atoms with E-state index in [1.54, 1.807) is 19.2 Å². The summed E-state index contributed by atoms with van der Waals surface area (Å²) in [6.45, 7) is 5.88. The molecule has 0 spiro atoms. The van der Waals surface area contributed by atoms with Crippen LogP contribution in [0, 0.1) is 19.3 Å². The molecule has 2 heteroatoms. The molecule has 0 amide bonds. The third-order valence-electron chi connectivity index (χ3n) is 1.97. The van der Waals surface area contributed by atoms with E-state index >= 15 is 0 Å². The molecule has 1 aromatic rings. The van der Waals surface area contributed by atoms with E-state index in [0.29, 0.717) is 5.71 Å². The number of hydrogen-bond acceptors (Lipinski definition) is 2. The summed E-state index contributed by atoms with van der Waals surface area (Å²) >= 11 is 0. The Bertz CT molecular complexity index is 365. The molecule has 0 aromatic heterocycles. The summed E-state index contributed by atoms with van der Waals surface area (Å²) < 4.78 is 0. The third-order valence-corrected chi connectivity index (χ3v) is 1.97. The van der Waals surface area contributed by atoms with Gasteiger partial charge in [-0.15, -0.1) is 0 Å². The van der Waals surface area contributed by atoms with Crippen LogP contribution in [-0.4, -0.2) is 5.71 Å². The molecule has 0 aliphatic carbocycles. The van der Waals surface area contributed by atoms with Gasteiger partial charge in [-0.3, -0.25) is 0 Å². The van der Waals surface area contributed by atoms with E-state index in [-0.39, 0.29) is 0 Å². The van der Waals surface area contributed by atoms with Crippen molar-refractivity contribution in [1.29, 1.82) is 5.41 Å². The Morgan fingerprint density at radius 2 is 2.07 bits per heavy atom. The molecule has 1 aromatic carbocycles. The second-order valence-electron chi connectivity index (χ2n) is 3.48. The average Bonchev–Trinajstić information content (AvgIpc) is 2.10. The van der Waals surface area contributed by atoms with E-state index in [4.69, 9.17) is 5.41 Å². The van der Waals surface area contributed by atoms with E-state index in [2.05, 4.69) is 37.4 Å². The Kier molecular flexibility index (Phi) is 3.46. The van der Waals surface area contributed by atoms with E-state index in [9.17, 15) is 0 Å². The molecule has 0 unspecified atom stereocenters. The smallest absolute Gasteiger partial charge is 0.0412 e. The first kappa shape index (κ1) is 10.5. The highest BCUT2D eigenvalue weighted by atomic mass is 14.8. The van der Waals surface area contributed by atoms with Gasteiger partial charge in [0.15, 0.2) is 0 Å². The lowest BCUT2D eigenvalue weighted by Crippen LogP contribution is -1.92. The van der Waals surface area contributed by atoms with Crippen molar-refractivity contribution in [2.45, 2.75) is 20.8 Å². The van der Waals surface area contributed by atoms with Crippen molar-refractivity contribution in [3.8, 4) is 0 Å². The van der Waals surface area contributed by atoms with Crippen LogP contribution in [0.25, 0.3) is 0 Å². The minimum Gasteiger partial charge on any atom is -0.361 e. The van der Waals surface area contributed by atoms with Gasteiger partial charge in [0.05, 0.1) is 0 Å². The number of allylic oxidation sites excluding steroid dienone is 1. The molecule has 0 heterocycles. The van der Waals surface area contributed by atoms with Gasteiger partial charge in [-0.05, 0) is 44.0 Å². The molecule has 0 aliphatic rings. The number of benzene rings is 1. The largest absolute Gasteiger partial charge is 0.361 e. The van der Waals surface area contributed by atoms with Crippen LogP contribution < -0.4 is 5.32 Å². The van der Waals surface area contributed by atoms with Crippen molar-refractivity contribution >= 4 is 11.4 Å². The van der Waals surface area contributed by atoms with Crippen molar-refractivity contribution in [2.24, 2.45) is 0 Å². The molecule has 2 nitrogen and oxygen atoms in total. The maximum Gasteiger partial charge on any atom is 0.0412 e. The van der Waals surface area contributed by atoms with Gasteiger partial charge in [-0.2, -0.15) is 0 Å².